The highest BCUT2D eigenvalue weighted by Gasteiger charge is 2.62. The molecule has 6 fully saturated rings. The van der Waals surface area contributed by atoms with Crippen molar-refractivity contribution in [2.45, 2.75) is 211 Å². The van der Waals surface area contributed by atoms with Crippen molar-refractivity contribution < 1.29 is 203 Å². The number of carboxylic acids is 3. The van der Waals surface area contributed by atoms with Crippen LogP contribution < -0.4 is 21.7 Å². The Balaban J connectivity index is 1.29. The van der Waals surface area contributed by atoms with Gasteiger partial charge < -0.3 is 145 Å². The van der Waals surface area contributed by atoms with E-state index in [2.05, 4.69) is 28.5 Å². The smallest absolute Gasteiger partial charge is 0.397 e. The number of aliphatic hydroxyl groups is 10. The second kappa shape index (κ2) is 33.1. The number of nitrogens with two attached hydrogens (primary N) is 1. The minimum absolute atomic E-state index is 0.0352. The second-order valence-corrected chi connectivity index (χ2v) is 24.7. The van der Waals surface area contributed by atoms with Crippen LogP contribution in [0.1, 0.15) is 27.2 Å². The van der Waals surface area contributed by atoms with E-state index in [0.29, 0.717) is 0 Å². The average molecular weight is 1450 g/mol. The molecule has 0 saturated carbocycles. The van der Waals surface area contributed by atoms with E-state index in [-0.39, 0.29) is 19.6 Å². The minimum atomic E-state index is -5.95. The summed E-state index contributed by atoms with van der Waals surface area (Å²) in [5.41, 5.74) is 5.44. The molecule has 548 valence electrons. The lowest BCUT2D eigenvalue weighted by Gasteiger charge is -2.50. The third-order valence-electron chi connectivity index (χ3n) is 14.8. The summed E-state index contributed by atoms with van der Waals surface area (Å²) in [4.78, 5) is 76.0. The van der Waals surface area contributed by atoms with E-state index in [4.69, 9.17) is 62.6 Å². The van der Waals surface area contributed by atoms with E-state index in [1.807, 2.05) is 0 Å². The van der Waals surface area contributed by atoms with Crippen LogP contribution in [0.4, 0.5) is 0 Å². The number of hydrogen-bond acceptors (Lipinski definition) is 38. The van der Waals surface area contributed by atoms with Gasteiger partial charge in [-0.2, -0.15) is 25.3 Å². The summed E-state index contributed by atoms with van der Waals surface area (Å²) in [6, 6.07) is -6.31. The molecule has 0 aliphatic carbocycles. The number of aliphatic hydroxyl groups excluding tert-OH is 10. The van der Waals surface area contributed by atoms with Gasteiger partial charge in [0.2, 0.25) is 17.7 Å². The summed E-state index contributed by atoms with van der Waals surface area (Å²) in [7, 11) is -17.3. The molecule has 3 amide bonds. The van der Waals surface area contributed by atoms with Crippen LogP contribution in [0.2, 0.25) is 0 Å². The summed E-state index contributed by atoms with van der Waals surface area (Å²) in [6.45, 7) is -1.82. The van der Waals surface area contributed by atoms with Crippen LogP contribution in [0.25, 0.3) is 0 Å². The van der Waals surface area contributed by atoms with Crippen molar-refractivity contribution in [2.24, 2.45) is 5.73 Å². The highest BCUT2D eigenvalue weighted by Crippen LogP contribution is 2.39. The van der Waals surface area contributed by atoms with Crippen LogP contribution in [-0.4, -0.2) is 358 Å². The fraction of sp³-hybridized carbons (Fsp3) is 0.867. The standard InChI is InChI=1S/C45H72N4O43S3/c1-10(53)47-16-20(57)19(56)13(7-50)79-40(16)84-29-24(61)32(91-94(72,73)74)44(88-35(29)38(65)66)82-27-15(9-52)81-42(18(22(27)59)49-12(3)55)86-30-25(62)33(92-95(75,76)77)45(89-36(30)39(67)68)83-26-14(8-51)80-41(17(21(26)58)48-11(2)54)85-28-23(60)31(90-93(69,70)71)43(78-6-4-5-46)87-34(28)37(63)64/h13-36,40-45,50-52,56-62H,4-9,46H2,1-3H3,(H,47,53)(H,48,54)(H,49,55)(H,63,64)(H,65,66)(H,67,68)(H,69,70,71)(H,72,73,74)(H,75,76,77)/t13-,14-,15-,16-,17-,18-,19-,20-,21-,22-,23+,24+,25+,26-,27-,28+,29+,30+,31-,32-,33-,34+,35+,36-,40-,41-,42-,43-,44-,45-/m1/s1. The molecular weight excluding hydrogens is 1380 g/mol. The SMILES string of the molecule is CC(=O)N[C@H]1[C@@H](O[C@H]2[C@H](O)[C@@H](OS(=O)(=O)O)[C@H](O[C@H]3[C@H](O)[C@@H](NC(C)=O)[C@@H](O[C@H]4[C@H](O)[C@@H](OS(=O)(=O)O)[C@H](OCCCN)O[C@@H]4C(=O)O)O[C@@H]3CO)O[C@H]2C(=O)O)O[C@H](CO)[C@@H](O[C@@H]2O[C@H](C(=O)O)[C@@H](O[C@H]3O[C@H](CO)[C@@H](O)[C@H](O)[C@H]3NC(C)=O)[C@H](O)[C@H]2OS(=O)(=O)O)[C@@H]1O. The molecule has 0 radical (unpaired) electrons. The Morgan fingerprint density at radius 3 is 0.958 bits per heavy atom. The number of amides is 3. The molecule has 21 N–H and O–H groups in total. The Kier molecular flexibility index (Phi) is 27.7. The molecule has 6 aliphatic rings. The van der Waals surface area contributed by atoms with E-state index in [0.717, 1.165) is 20.8 Å². The average Bonchev–Trinajstić information content (AvgIpc) is 0.769. The first-order valence-corrected chi connectivity index (χ1v) is 31.8. The summed E-state index contributed by atoms with van der Waals surface area (Å²) in [6.07, 6.45) is -66.3. The number of carbonyl (C=O) groups excluding carboxylic acids is 3. The molecule has 0 unspecified atom stereocenters. The van der Waals surface area contributed by atoms with Gasteiger partial charge in [-0.05, 0) is 13.0 Å². The molecule has 6 rings (SSSR count). The highest BCUT2D eigenvalue weighted by molar-refractivity contribution is 7.81. The lowest BCUT2D eigenvalue weighted by atomic mass is 9.93. The first kappa shape index (κ1) is 79.5. The van der Waals surface area contributed by atoms with Gasteiger partial charge in [-0.15, -0.1) is 0 Å². The second-order valence-electron chi connectivity index (χ2n) is 21.6. The Morgan fingerprint density at radius 1 is 0.389 bits per heavy atom. The highest BCUT2D eigenvalue weighted by atomic mass is 32.3. The number of carboxylic acid groups (broad SMARTS) is 3. The Morgan fingerprint density at radius 2 is 0.674 bits per heavy atom. The first-order valence-electron chi connectivity index (χ1n) is 27.7. The molecule has 95 heavy (non-hydrogen) atoms. The fourth-order valence-corrected chi connectivity index (χ4v) is 12.2. The number of rotatable bonds is 29. The zero-order valence-corrected chi connectivity index (χ0v) is 51.5. The topological polar surface area (TPSA) is 729 Å². The van der Waals surface area contributed by atoms with Gasteiger partial charge in [0, 0.05) is 20.8 Å². The van der Waals surface area contributed by atoms with Crippen LogP contribution in [0.5, 0.6) is 0 Å². The Hall–Kier alpha value is -4.49. The fourth-order valence-electron chi connectivity index (χ4n) is 10.7. The number of nitrogens with one attached hydrogen (secondary N) is 3. The van der Waals surface area contributed by atoms with Gasteiger partial charge in [0.15, 0.2) is 74.4 Å². The number of carbonyl (C=O) groups is 6. The van der Waals surface area contributed by atoms with E-state index < -0.39 is 271 Å². The molecule has 0 bridgehead atoms. The van der Waals surface area contributed by atoms with Gasteiger partial charge in [0.1, 0.15) is 110 Å². The van der Waals surface area contributed by atoms with Crippen LogP contribution in [0, 0.1) is 0 Å². The maximum atomic E-state index is 13.1. The normalized spacial score (nSPS) is 41.3. The summed E-state index contributed by atoms with van der Waals surface area (Å²) < 4.78 is 183. The van der Waals surface area contributed by atoms with Crippen molar-refractivity contribution >= 4 is 66.8 Å². The molecule has 0 aromatic carbocycles. The monoisotopic (exact) mass is 1450 g/mol. The van der Waals surface area contributed by atoms with Gasteiger partial charge in [-0.25, -0.2) is 26.9 Å². The zero-order valence-electron chi connectivity index (χ0n) is 49.0. The van der Waals surface area contributed by atoms with Gasteiger partial charge in [-0.3, -0.25) is 28.0 Å². The molecular formula is C45H72N4O43S3. The van der Waals surface area contributed by atoms with Gasteiger partial charge >= 0.3 is 49.1 Å². The van der Waals surface area contributed by atoms with Gasteiger partial charge in [0.25, 0.3) is 0 Å². The molecule has 0 aromatic heterocycles. The Bertz CT molecular complexity index is 3000. The number of hydrogen-bond donors (Lipinski definition) is 20. The van der Waals surface area contributed by atoms with Crippen molar-refractivity contribution in [3.63, 3.8) is 0 Å². The maximum Gasteiger partial charge on any atom is 0.397 e. The molecule has 6 saturated heterocycles. The predicted octanol–water partition coefficient (Wildman–Crippen LogP) is -13.5. The third kappa shape index (κ3) is 19.9. The third-order valence-corrected chi connectivity index (χ3v) is 16.2. The van der Waals surface area contributed by atoms with Gasteiger partial charge in [0.05, 0.1) is 26.4 Å². The summed E-state index contributed by atoms with van der Waals surface area (Å²) >= 11 is 0. The maximum absolute atomic E-state index is 13.1. The van der Waals surface area contributed by atoms with Crippen LogP contribution in [0.3, 0.4) is 0 Å². The summed E-state index contributed by atoms with van der Waals surface area (Å²) in [5.74, 6) is -9.49. The lowest BCUT2D eigenvalue weighted by Crippen LogP contribution is -2.71. The molecule has 30 atom stereocenters. The molecule has 0 aromatic rings. The van der Waals surface area contributed by atoms with E-state index in [1.54, 1.807) is 0 Å². The van der Waals surface area contributed by atoms with Crippen LogP contribution in [-0.2, 0) is 129 Å². The molecule has 50 heteroatoms. The van der Waals surface area contributed by atoms with Crippen molar-refractivity contribution in [2.75, 3.05) is 33.0 Å². The van der Waals surface area contributed by atoms with Crippen molar-refractivity contribution in [1.29, 1.82) is 0 Å². The van der Waals surface area contributed by atoms with Crippen molar-refractivity contribution in [1.82, 2.24) is 16.0 Å². The predicted molar refractivity (Wildman–Crippen MR) is 284 cm³/mol. The largest absolute Gasteiger partial charge is 0.479 e. The van der Waals surface area contributed by atoms with Gasteiger partial charge in [-0.1, -0.05) is 0 Å². The molecule has 6 heterocycles. The van der Waals surface area contributed by atoms with E-state index >= 15 is 0 Å². The van der Waals surface area contributed by atoms with E-state index in [1.165, 1.54) is 0 Å². The number of ether oxygens (including phenoxy) is 12. The van der Waals surface area contributed by atoms with Crippen LogP contribution in [0.15, 0.2) is 0 Å². The lowest BCUT2D eigenvalue weighted by molar-refractivity contribution is -0.376. The molecule has 6 aliphatic heterocycles. The number of aliphatic carboxylic acids is 3. The summed E-state index contributed by atoms with van der Waals surface area (Å²) in [5, 5.41) is 148. The molecule has 47 nitrogen and oxygen atoms in total. The quantitative estimate of drug-likeness (QED) is 0.0244. The minimum Gasteiger partial charge on any atom is -0.479 e. The van der Waals surface area contributed by atoms with Crippen molar-refractivity contribution in [3.05, 3.63) is 0 Å². The first-order chi connectivity index (χ1) is 44.1. The van der Waals surface area contributed by atoms with Crippen LogP contribution >= 0.6 is 0 Å². The Labute approximate surface area is 534 Å². The molecule has 0 spiro atoms. The van der Waals surface area contributed by atoms with Crippen molar-refractivity contribution in [3.8, 4) is 0 Å². The zero-order chi connectivity index (χ0) is 71.3. The van der Waals surface area contributed by atoms with E-state index in [9.17, 15) is 134 Å².